The molecular formula is C20H32. The predicted octanol–water partition coefficient (Wildman–Crippen LogP) is 5.98. The smallest absolute Gasteiger partial charge is 0.00815 e. The lowest BCUT2D eigenvalue weighted by Gasteiger charge is -2.66. The average molecular weight is 272 g/mol. The molecule has 0 nitrogen and oxygen atoms in total. The molecule has 0 aromatic heterocycles. The molecule has 3 saturated carbocycles. The molecule has 5 aliphatic rings. The summed E-state index contributed by atoms with van der Waals surface area (Å²) in [6.07, 6.45) is 14.7. The summed E-state index contributed by atoms with van der Waals surface area (Å²) in [7, 11) is 0. The van der Waals surface area contributed by atoms with Gasteiger partial charge in [0.15, 0.2) is 0 Å². The largest absolute Gasteiger partial charge is 0.0788 e. The zero-order valence-electron chi connectivity index (χ0n) is 14.0. The predicted molar refractivity (Wildman–Crippen MR) is 85.5 cm³/mol. The third-order valence-corrected chi connectivity index (χ3v) is 8.30. The molecule has 20 heavy (non-hydrogen) atoms. The van der Waals surface area contributed by atoms with E-state index in [1.165, 1.54) is 51.4 Å². The van der Waals surface area contributed by atoms with Gasteiger partial charge in [0.25, 0.3) is 0 Å². The van der Waals surface area contributed by atoms with E-state index in [1.807, 2.05) is 0 Å². The first-order valence-corrected chi connectivity index (χ1v) is 9.07. The maximum absolute atomic E-state index is 2.76. The van der Waals surface area contributed by atoms with E-state index < -0.39 is 0 Å². The Morgan fingerprint density at radius 1 is 0.950 bits per heavy atom. The minimum atomic E-state index is 0.587. The number of fused-ring (bicyclic) bond motifs is 2. The van der Waals surface area contributed by atoms with Crippen molar-refractivity contribution in [3.63, 3.8) is 0 Å². The number of hydrogen-bond donors (Lipinski definition) is 0. The molecule has 5 atom stereocenters. The van der Waals surface area contributed by atoms with Gasteiger partial charge in [-0.3, -0.25) is 0 Å². The van der Waals surface area contributed by atoms with Gasteiger partial charge in [0.2, 0.25) is 0 Å². The molecule has 3 fully saturated rings. The minimum Gasteiger partial charge on any atom is -0.0788 e. The fourth-order valence-corrected chi connectivity index (χ4v) is 7.43. The molecule has 5 unspecified atom stereocenters. The summed E-state index contributed by atoms with van der Waals surface area (Å²) in [6, 6.07) is 0. The van der Waals surface area contributed by atoms with Crippen molar-refractivity contribution in [2.24, 2.45) is 34.0 Å². The first kappa shape index (κ1) is 13.4. The van der Waals surface area contributed by atoms with Crippen LogP contribution in [0.1, 0.15) is 79.1 Å². The highest BCUT2D eigenvalue weighted by Gasteiger charge is 2.61. The second-order valence-corrected chi connectivity index (χ2v) is 9.58. The topological polar surface area (TPSA) is 0 Å². The third-order valence-electron chi connectivity index (χ3n) is 8.30. The fraction of sp³-hybridized carbons (Fsp3) is 0.900. The molecule has 0 heteroatoms. The molecule has 112 valence electrons. The van der Waals surface area contributed by atoms with Crippen LogP contribution in [0.15, 0.2) is 11.6 Å². The summed E-state index contributed by atoms with van der Waals surface area (Å²) < 4.78 is 0. The van der Waals surface area contributed by atoms with Crippen LogP contribution in [0.5, 0.6) is 0 Å². The van der Waals surface area contributed by atoms with Crippen molar-refractivity contribution >= 4 is 0 Å². The second-order valence-electron chi connectivity index (χ2n) is 9.58. The quantitative estimate of drug-likeness (QED) is 0.476. The van der Waals surface area contributed by atoms with E-state index >= 15 is 0 Å². The molecule has 0 amide bonds. The van der Waals surface area contributed by atoms with E-state index in [9.17, 15) is 0 Å². The summed E-state index contributed by atoms with van der Waals surface area (Å²) in [4.78, 5) is 0. The van der Waals surface area contributed by atoms with Gasteiger partial charge in [-0.15, -0.1) is 0 Å². The zero-order chi connectivity index (χ0) is 14.2. The molecule has 0 N–H and O–H groups in total. The molecule has 0 aromatic carbocycles. The summed E-state index contributed by atoms with van der Waals surface area (Å²) >= 11 is 0. The highest BCUT2D eigenvalue weighted by atomic mass is 14.7. The van der Waals surface area contributed by atoms with Crippen molar-refractivity contribution in [1.82, 2.24) is 0 Å². The van der Waals surface area contributed by atoms with Gasteiger partial charge in [-0.05, 0) is 85.9 Å². The maximum Gasteiger partial charge on any atom is -0.00815 e. The molecule has 2 bridgehead atoms. The highest BCUT2D eigenvalue weighted by molar-refractivity contribution is 5.25. The van der Waals surface area contributed by atoms with Crippen molar-refractivity contribution < 1.29 is 0 Å². The third kappa shape index (κ3) is 1.54. The van der Waals surface area contributed by atoms with Gasteiger partial charge in [-0.1, -0.05) is 38.8 Å². The molecule has 0 aliphatic heterocycles. The first-order chi connectivity index (χ1) is 9.37. The van der Waals surface area contributed by atoms with Crippen LogP contribution in [0.25, 0.3) is 0 Å². The Morgan fingerprint density at radius 3 is 2.45 bits per heavy atom. The Morgan fingerprint density at radius 2 is 1.70 bits per heavy atom. The van der Waals surface area contributed by atoms with Crippen LogP contribution in [0, 0.1) is 34.0 Å². The van der Waals surface area contributed by atoms with Crippen LogP contribution >= 0.6 is 0 Å². The Bertz CT molecular complexity index is 457. The Kier molecular flexibility index (Phi) is 2.63. The van der Waals surface area contributed by atoms with E-state index in [0.717, 1.165) is 17.8 Å². The summed E-state index contributed by atoms with van der Waals surface area (Å²) in [5.74, 6) is 2.91. The lowest BCUT2D eigenvalue weighted by Crippen LogP contribution is -2.58. The molecule has 1 spiro atoms. The molecule has 5 aliphatic carbocycles. The van der Waals surface area contributed by atoms with Crippen molar-refractivity contribution in [3.05, 3.63) is 11.6 Å². The van der Waals surface area contributed by atoms with Crippen LogP contribution in [-0.2, 0) is 0 Å². The average Bonchev–Trinajstić information content (AvgIpc) is 2.37. The Hall–Kier alpha value is -0.260. The van der Waals surface area contributed by atoms with Crippen LogP contribution in [0.2, 0.25) is 0 Å². The van der Waals surface area contributed by atoms with Crippen LogP contribution in [0.4, 0.5) is 0 Å². The molecule has 0 heterocycles. The van der Waals surface area contributed by atoms with Gasteiger partial charge in [-0.25, -0.2) is 0 Å². The van der Waals surface area contributed by atoms with Crippen molar-refractivity contribution in [2.75, 3.05) is 0 Å². The monoisotopic (exact) mass is 272 g/mol. The highest BCUT2D eigenvalue weighted by Crippen LogP contribution is 2.70. The number of rotatable bonds is 0. The van der Waals surface area contributed by atoms with Crippen molar-refractivity contribution in [3.8, 4) is 0 Å². The lowest BCUT2D eigenvalue weighted by atomic mass is 9.38. The Balaban J connectivity index is 1.77. The van der Waals surface area contributed by atoms with E-state index in [0.29, 0.717) is 16.2 Å². The Labute approximate surface area is 125 Å². The van der Waals surface area contributed by atoms with E-state index in [-0.39, 0.29) is 0 Å². The van der Waals surface area contributed by atoms with Gasteiger partial charge in [0.1, 0.15) is 0 Å². The van der Waals surface area contributed by atoms with Gasteiger partial charge in [0.05, 0.1) is 0 Å². The zero-order valence-corrected chi connectivity index (χ0v) is 14.0. The van der Waals surface area contributed by atoms with Gasteiger partial charge in [0, 0.05) is 0 Å². The van der Waals surface area contributed by atoms with Crippen LogP contribution in [-0.4, -0.2) is 0 Å². The van der Waals surface area contributed by atoms with Gasteiger partial charge in [-0.2, -0.15) is 0 Å². The number of hydrogen-bond acceptors (Lipinski definition) is 0. The van der Waals surface area contributed by atoms with Crippen molar-refractivity contribution in [1.29, 1.82) is 0 Å². The summed E-state index contributed by atoms with van der Waals surface area (Å²) in [5.41, 5.74) is 3.57. The fourth-order valence-electron chi connectivity index (χ4n) is 7.43. The molecule has 0 radical (unpaired) electrons. The van der Waals surface area contributed by atoms with Crippen LogP contribution in [0.3, 0.4) is 0 Å². The SMILES string of the molecule is CC1=CC23CCC1CC2C1(C)CCCC(C)(C)C1CC3. The van der Waals surface area contributed by atoms with E-state index in [1.54, 1.807) is 5.57 Å². The summed E-state index contributed by atoms with van der Waals surface area (Å²) in [6.45, 7) is 10.2. The second kappa shape index (κ2) is 3.93. The molecule has 0 saturated heterocycles. The number of allylic oxidation sites excluding steroid dienone is 2. The molecule has 5 rings (SSSR count). The standard InChI is InChI=1S/C20H32/c1-14-13-20-10-6-15(14)12-17(20)19(4)9-5-8-18(2,3)16(19)7-11-20/h13,15-17H,5-12H2,1-4H3. The van der Waals surface area contributed by atoms with E-state index in [4.69, 9.17) is 0 Å². The lowest BCUT2D eigenvalue weighted by molar-refractivity contribution is -0.144. The summed E-state index contributed by atoms with van der Waals surface area (Å²) in [5, 5.41) is 0. The van der Waals surface area contributed by atoms with Crippen molar-refractivity contribution in [2.45, 2.75) is 79.1 Å². The first-order valence-electron chi connectivity index (χ1n) is 9.07. The normalized spacial score (nSPS) is 53.0. The maximum atomic E-state index is 2.76. The van der Waals surface area contributed by atoms with Crippen LogP contribution < -0.4 is 0 Å². The van der Waals surface area contributed by atoms with Gasteiger partial charge < -0.3 is 0 Å². The van der Waals surface area contributed by atoms with E-state index in [2.05, 4.69) is 33.8 Å². The minimum absolute atomic E-state index is 0.587. The molecular weight excluding hydrogens is 240 g/mol. The van der Waals surface area contributed by atoms with Gasteiger partial charge >= 0.3 is 0 Å². The molecule has 0 aromatic rings.